The zero-order valence-corrected chi connectivity index (χ0v) is 77.3. The molecule has 0 unspecified atom stereocenters. The molecule has 0 saturated heterocycles. The Morgan fingerprint density at radius 1 is 0.116 bits per heavy atom. The molecular weight excluding hydrogens is 1770 g/mol. The van der Waals surface area contributed by atoms with Crippen LogP contribution in [0.3, 0.4) is 0 Å². The highest BCUT2D eigenvalue weighted by atomic mass is 35.5. The zero-order valence-electron chi connectivity index (χ0n) is 74.3. The van der Waals surface area contributed by atoms with E-state index in [0.29, 0.717) is 0 Å². The van der Waals surface area contributed by atoms with E-state index in [1.54, 1.807) is 0 Å². The van der Waals surface area contributed by atoms with Crippen LogP contribution in [0.1, 0.15) is 0 Å². The fraction of sp³-hybridized carbons (Fsp3) is 0. The van der Waals surface area contributed by atoms with Crippen LogP contribution >= 0.6 is 46.4 Å². The molecule has 0 aliphatic rings. The highest BCUT2D eigenvalue weighted by Crippen LogP contribution is 2.50. The molecule has 0 atom stereocenters. The fourth-order valence-electron chi connectivity index (χ4n) is 21.8. The molecular formula is C126H80Cl4N8. The molecule has 0 amide bonds. The number of para-hydroxylation sites is 11. The Morgan fingerprint density at radius 2 is 0.341 bits per heavy atom. The summed E-state index contributed by atoms with van der Waals surface area (Å²) in [5, 5.41) is 22.6. The van der Waals surface area contributed by atoms with Gasteiger partial charge < -0.3 is 36.5 Å². The largest absolute Gasteiger partial charge is 0.309 e. The van der Waals surface area contributed by atoms with Gasteiger partial charge in [0.05, 0.1) is 88.3 Å². The van der Waals surface area contributed by atoms with Gasteiger partial charge in [-0.1, -0.05) is 307 Å². The molecule has 0 spiro atoms. The van der Waals surface area contributed by atoms with Gasteiger partial charge in [-0.25, -0.2) is 0 Å². The van der Waals surface area contributed by atoms with Gasteiger partial charge in [0.2, 0.25) is 0 Å². The Labute approximate surface area is 813 Å². The van der Waals surface area contributed by atoms with Crippen molar-refractivity contribution < 1.29 is 0 Å². The Balaban J connectivity index is 0.0000000953. The summed E-state index contributed by atoms with van der Waals surface area (Å²) in [6.45, 7) is 0. The first-order valence-electron chi connectivity index (χ1n) is 46.4. The SMILES string of the molecule is Clc1ccc2c(c1)c1c3c4ccccc4n(-c4ccccc4)c3ccc1n2-c1cccc(-c2ccccc2)c1.Clc1ccc2c(c1)c1c3c4ccccc4n(-c4ccccc4)c3ccc1n2-c1ccccc1.Clc1ccc2c(c1)c1ccc3c(c4ccccc4n3-c3ccccc3)c1n2-c1ccccc1.Clc1ccc2c3ccc4c(c5ccccc5n4-c4ccccc4)c3n(-c3ccccc3)c2c1. The van der Waals surface area contributed by atoms with Crippen molar-refractivity contribution in [2.45, 2.75) is 0 Å². The third-order valence-electron chi connectivity index (χ3n) is 27.4. The van der Waals surface area contributed by atoms with Crippen LogP contribution in [0.4, 0.5) is 0 Å². The highest BCUT2D eigenvalue weighted by Gasteiger charge is 2.28. The van der Waals surface area contributed by atoms with E-state index >= 15 is 0 Å². The van der Waals surface area contributed by atoms with Crippen LogP contribution in [0.5, 0.6) is 0 Å². The minimum Gasteiger partial charge on any atom is -0.309 e. The first kappa shape index (κ1) is 81.9. The first-order valence-corrected chi connectivity index (χ1v) is 47.9. The van der Waals surface area contributed by atoms with Crippen LogP contribution in [0.15, 0.2) is 485 Å². The standard InChI is InChI=1S/C36H23ClN2.3C30H19ClN2/c37-26-18-19-32-30(23-26)36-34(39(32)28-15-9-12-25(22-28)24-10-3-1-4-11-24)21-20-33-35(36)29-16-7-8-17-31(29)38(33)27-13-5-2-6-14-27;31-20-15-17-27-25(19-20)23-16-18-28-29(30(23)33(27)22-11-5-2-6-12-22)24-13-7-8-14-26(24)32(28)21-9-3-1-4-10-21;31-20-15-16-23-24-17-18-27-29(30(24)33(28(23)19-20)22-11-5-2-6-12-22)25-13-7-8-14-26(25)32(27)21-9-3-1-4-10-21;31-20-15-16-26-24(19-20)30-28(33(26)22-11-5-2-6-12-22)18-17-27-29(30)23-13-7-8-14-25(23)32(27)21-9-3-1-4-10-21/h1-23H;3*1-19H. The van der Waals surface area contributed by atoms with Crippen molar-refractivity contribution in [3.05, 3.63) is 505 Å². The van der Waals surface area contributed by atoms with Gasteiger partial charge in [0.1, 0.15) is 0 Å². The molecule has 0 saturated carbocycles. The molecule has 29 aromatic rings. The van der Waals surface area contributed by atoms with Crippen LogP contribution in [0, 0.1) is 0 Å². The molecule has 0 radical (unpaired) electrons. The minimum atomic E-state index is 0.739. The predicted molar refractivity (Wildman–Crippen MR) is 586 cm³/mol. The summed E-state index contributed by atoms with van der Waals surface area (Å²) in [5.41, 5.74) is 30.5. The summed E-state index contributed by atoms with van der Waals surface area (Å²) in [6, 6.07) is 171. The van der Waals surface area contributed by atoms with Gasteiger partial charge in [0, 0.05) is 152 Å². The van der Waals surface area contributed by atoms with Crippen molar-refractivity contribution in [1.82, 2.24) is 36.5 Å². The van der Waals surface area contributed by atoms with Crippen LogP contribution < -0.4 is 0 Å². The maximum absolute atomic E-state index is 6.64. The average molecular weight is 1850 g/mol. The van der Waals surface area contributed by atoms with Crippen LogP contribution in [-0.2, 0) is 0 Å². The number of fused-ring (bicyclic) bond motifs is 28. The highest BCUT2D eigenvalue weighted by molar-refractivity contribution is 6.37. The van der Waals surface area contributed by atoms with Crippen LogP contribution in [0.25, 0.3) is 231 Å². The van der Waals surface area contributed by atoms with E-state index in [1.165, 1.54) is 158 Å². The van der Waals surface area contributed by atoms with E-state index in [9.17, 15) is 0 Å². The topological polar surface area (TPSA) is 39.4 Å². The van der Waals surface area contributed by atoms with Gasteiger partial charge >= 0.3 is 0 Å². The van der Waals surface area contributed by atoms with Gasteiger partial charge in [0.25, 0.3) is 0 Å². The lowest BCUT2D eigenvalue weighted by atomic mass is 10.0. The molecule has 0 aliphatic carbocycles. The molecule has 0 N–H and O–H groups in total. The van der Waals surface area contributed by atoms with Crippen molar-refractivity contribution in [3.8, 4) is 56.6 Å². The van der Waals surface area contributed by atoms with Gasteiger partial charge in [-0.15, -0.1) is 0 Å². The van der Waals surface area contributed by atoms with E-state index in [-0.39, 0.29) is 0 Å². The third-order valence-corrected chi connectivity index (χ3v) is 28.4. The molecule has 652 valence electrons. The predicted octanol–water partition coefficient (Wildman–Crippen LogP) is 35.8. The number of aromatic nitrogens is 8. The number of halogens is 4. The van der Waals surface area contributed by atoms with Crippen molar-refractivity contribution in [3.63, 3.8) is 0 Å². The normalized spacial score (nSPS) is 11.8. The van der Waals surface area contributed by atoms with Crippen LogP contribution in [0.2, 0.25) is 20.1 Å². The Hall–Kier alpha value is -16.8. The summed E-state index contributed by atoms with van der Waals surface area (Å²) >= 11 is 26.1. The van der Waals surface area contributed by atoms with Crippen LogP contribution in [-0.4, -0.2) is 36.5 Å². The number of benzene rings is 21. The van der Waals surface area contributed by atoms with Crippen molar-refractivity contribution in [2.75, 3.05) is 0 Å². The van der Waals surface area contributed by atoms with E-state index in [2.05, 4.69) is 498 Å². The first-order chi connectivity index (χ1) is 68.2. The van der Waals surface area contributed by atoms with E-state index in [1.807, 2.05) is 24.3 Å². The molecule has 21 aromatic carbocycles. The quantitative estimate of drug-likeness (QED) is 0.138. The molecule has 8 nitrogen and oxygen atoms in total. The lowest BCUT2D eigenvalue weighted by Gasteiger charge is -2.11. The van der Waals surface area contributed by atoms with Gasteiger partial charge in [-0.2, -0.15) is 0 Å². The van der Waals surface area contributed by atoms with Gasteiger partial charge in [0.15, 0.2) is 0 Å². The molecule has 138 heavy (non-hydrogen) atoms. The van der Waals surface area contributed by atoms with Gasteiger partial charge in [-0.3, -0.25) is 0 Å². The Bertz CT molecular complexity index is 9740. The lowest BCUT2D eigenvalue weighted by molar-refractivity contribution is 1.17. The van der Waals surface area contributed by atoms with Crippen molar-refractivity contribution in [2.24, 2.45) is 0 Å². The summed E-state index contributed by atoms with van der Waals surface area (Å²) in [4.78, 5) is 0. The van der Waals surface area contributed by atoms with Gasteiger partial charge in [-0.05, 0) is 236 Å². The molecule has 8 aromatic heterocycles. The Morgan fingerprint density at radius 3 is 0.710 bits per heavy atom. The monoisotopic (exact) mass is 1840 g/mol. The van der Waals surface area contributed by atoms with E-state index < -0.39 is 0 Å². The lowest BCUT2D eigenvalue weighted by Crippen LogP contribution is -1.95. The number of rotatable bonds is 9. The maximum atomic E-state index is 6.64. The maximum Gasteiger partial charge on any atom is 0.0641 e. The average Bonchev–Trinajstić information content (AvgIpc) is 1.56. The summed E-state index contributed by atoms with van der Waals surface area (Å²) in [5.74, 6) is 0. The minimum absolute atomic E-state index is 0.739. The van der Waals surface area contributed by atoms with Crippen molar-refractivity contribution in [1.29, 1.82) is 0 Å². The van der Waals surface area contributed by atoms with Crippen molar-refractivity contribution >= 4 is 221 Å². The molecule has 29 rings (SSSR count). The molecule has 0 fully saturated rings. The Kier molecular flexibility index (Phi) is 20.0. The second-order valence-electron chi connectivity index (χ2n) is 35.1. The number of hydrogen-bond acceptors (Lipinski definition) is 0. The second-order valence-corrected chi connectivity index (χ2v) is 36.8. The number of hydrogen-bond donors (Lipinski definition) is 0. The summed E-state index contributed by atoms with van der Waals surface area (Å²) in [6.07, 6.45) is 0. The van der Waals surface area contributed by atoms with E-state index in [0.717, 1.165) is 93.0 Å². The molecule has 8 heterocycles. The molecule has 0 aliphatic heterocycles. The van der Waals surface area contributed by atoms with E-state index in [4.69, 9.17) is 46.4 Å². The third kappa shape index (κ3) is 13.3. The zero-order chi connectivity index (χ0) is 91.7. The fourth-order valence-corrected chi connectivity index (χ4v) is 22.5. The summed E-state index contributed by atoms with van der Waals surface area (Å²) < 4.78 is 18.9. The molecule has 0 bridgehead atoms. The number of nitrogens with zero attached hydrogens (tertiary/aromatic N) is 8. The smallest absolute Gasteiger partial charge is 0.0641 e. The summed E-state index contributed by atoms with van der Waals surface area (Å²) in [7, 11) is 0. The second kappa shape index (κ2) is 33.7. The molecule has 12 heteroatoms.